The molecule has 232 valence electrons. The Hall–Kier alpha value is -3.60. The van der Waals surface area contributed by atoms with Crippen LogP contribution in [-0.4, -0.2) is 62.8 Å². The monoisotopic (exact) mass is 590 g/mol. The third-order valence-electron chi connectivity index (χ3n) is 8.19. The second-order valence-corrected chi connectivity index (χ2v) is 11.9. The number of anilines is 2. The molecule has 10 heteroatoms. The summed E-state index contributed by atoms with van der Waals surface area (Å²) in [6, 6.07) is 5.12. The number of hydrogen-bond acceptors (Lipinski definition) is 7. The number of benzene rings is 1. The molecule has 2 aliphatic heterocycles. The van der Waals surface area contributed by atoms with Crippen LogP contribution >= 0.6 is 0 Å². The molecule has 4 N–H and O–H groups in total. The average molecular weight is 591 g/mol. The van der Waals surface area contributed by atoms with E-state index in [1.807, 2.05) is 31.3 Å². The van der Waals surface area contributed by atoms with Gasteiger partial charge in [-0.1, -0.05) is 47.6 Å². The maximum Gasteiger partial charge on any atom is 0.264 e. The lowest BCUT2D eigenvalue weighted by Crippen LogP contribution is -2.44. The largest absolute Gasteiger partial charge is 0.396 e. The van der Waals surface area contributed by atoms with Crippen LogP contribution in [0.15, 0.2) is 59.8 Å². The lowest BCUT2D eigenvalue weighted by molar-refractivity contribution is -0.139. The van der Waals surface area contributed by atoms with Gasteiger partial charge in [0.1, 0.15) is 0 Å². The van der Waals surface area contributed by atoms with E-state index in [0.29, 0.717) is 42.9 Å². The third-order valence-corrected chi connectivity index (χ3v) is 8.19. The Kier molecular flexibility index (Phi) is 11.1. The summed E-state index contributed by atoms with van der Waals surface area (Å²) in [5.74, 6) is -1.02. The van der Waals surface area contributed by atoms with Gasteiger partial charge in [-0.3, -0.25) is 14.3 Å². The molecule has 0 spiro atoms. The van der Waals surface area contributed by atoms with Crippen LogP contribution in [0.3, 0.4) is 0 Å². The zero-order valence-electron chi connectivity index (χ0n) is 25.8. The molecular formula is C33H46N6O4. The van der Waals surface area contributed by atoms with E-state index in [1.54, 1.807) is 21.7 Å². The average Bonchev–Trinajstić information content (AvgIpc) is 3.71. The van der Waals surface area contributed by atoms with Crippen molar-refractivity contribution in [2.75, 3.05) is 29.9 Å². The van der Waals surface area contributed by atoms with Crippen molar-refractivity contribution < 1.29 is 19.8 Å². The number of nitrogens with one attached hydrogen (secondary N) is 2. The molecule has 0 unspecified atom stereocenters. The number of hydrogen-bond donors (Lipinski definition) is 4. The van der Waals surface area contributed by atoms with Crippen molar-refractivity contribution in [3.05, 3.63) is 71.1 Å². The highest BCUT2D eigenvalue weighted by molar-refractivity contribution is 6.08. The second kappa shape index (κ2) is 14.7. The summed E-state index contributed by atoms with van der Waals surface area (Å²) in [5.41, 5.74) is 3.10. The first-order chi connectivity index (χ1) is 20.6. The Morgan fingerprint density at radius 3 is 2.79 bits per heavy atom. The summed E-state index contributed by atoms with van der Waals surface area (Å²) >= 11 is 0. The van der Waals surface area contributed by atoms with Gasteiger partial charge in [-0.05, 0) is 77.6 Å². The Morgan fingerprint density at radius 1 is 1.26 bits per heavy atom. The van der Waals surface area contributed by atoms with E-state index in [9.17, 15) is 14.7 Å². The number of rotatable bonds is 14. The third kappa shape index (κ3) is 7.87. The van der Waals surface area contributed by atoms with E-state index in [1.165, 1.54) is 11.1 Å². The SMILES string of the molecule is CC(C)=CCC/C(C)=C/CN1C(=O)[C@](O)([C@H](C)/C=C/CCn2cc(CCO)nn2)c2cc(NC(=O)[C@H]3CCCN3)ccc21. The summed E-state index contributed by atoms with van der Waals surface area (Å²) in [4.78, 5) is 28.4. The number of aliphatic hydroxyl groups is 2. The normalized spacial score (nSPS) is 21.0. The zero-order valence-corrected chi connectivity index (χ0v) is 25.8. The minimum absolute atomic E-state index is 0.0232. The van der Waals surface area contributed by atoms with Gasteiger partial charge >= 0.3 is 0 Å². The van der Waals surface area contributed by atoms with Crippen molar-refractivity contribution in [2.45, 2.75) is 84.4 Å². The number of aromatic nitrogens is 3. The van der Waals surface area contributed by atoms with Gasteiger partial charge < -0.3 is 25.7 Å². The molecule has 43 heavy (non-hydrogen) atoms. The lowest BCUT2D eigenvalue weighted by Gasteiger charge is -2.27. The fraction of sp³-hybridized carbons (Fsp3) is 0.515. The number of carbonyl (C=O) groups is 2. The Balaban J connectivity index is 1.54. The van der Waals surface area contributed by atoms with Gasteiger partial charge in [-0.15, -0.1) is 5.10 Å². The number of fused-ring (bicyclic) bond motifs is 1. The molecule has 1 aromatic heterocycles. The van der Waals surface area contributed by atoms with Gasteiger partial charge in [0.2, 0.25) is 5.91 Å². The first kappa shape index (κ1) is 32.3. The highest BCUT2D eigenvalue weighted by Gasteiger charge is 2.52. The molecular weight excluding hydrogens is 544 g/mol. The van der Waals surface area contributed by atoms with E-state index in [0.717, 1.165) is 37.9 Å². The van der Waals surface area contributed by atoms with Crippen LogP contribution in [0.5, 0.6) is 0 Å². The number of nitrogens with zero attached hydrogens (tertiary/aromatic N) is 4. The summed E-state index contributed by atoms with van der Waals surface area (Å²) in [6.45, 7) is 9.84. The van der Waals surface area contributed by atoms with E-state index in [-0.39, 0.29) is 24.5 Å². The molecule has 2 aromatic rings. The van der Waals surface area contributed by atoms with Gasteiger partial charge in [-0.2, -0.15) is 0 Å². The van der Waals surface area contributed by atoms with Crippen LogP contribution in [0.1, 0.15) is 71.1 Å². The molecule has 4 rings (SSSR count). The first-order valence-electron chi connectivity index (χ1n) is 15.3. The molecule has 1 fully saturated rings. The summed E-state index contributed by atoms with van der Waals surface area (Å²) in [7, 11) is 0. The van der Waals surface area contributed by atoms with Crippen LogP contribution in [0, 0.1) is 5.92 Å². The van der Waals surface area contributed by atoms with Crippen LogP contribution in [0.4, 0.5) is 11.4 Å². The maximum atomic E-state index is 14.0. The van der Waals surface area contributed by atoms with E-state index < -0.39 is 11.5 Å². The van der Waals surface area contributed by atoms with Crippen LogP contribution in [0.2, 0.25) is 0 Å². The number of allylic oxidation sites excluding steroid dienone is 4. The molecule has 1 saturated heterocycles. The molecule has 0 radical (unpaired) electrons. The van der Waals surface area contributed by atoms with Crippen LogP contribution in [-0.2, 0) is 28.2 Å². The van der Waals surface area contributed by atoms with Gasteiger partial charge in [0.15, 0.2) is 5.60 Å². The number of aryl methyl sites for hydroxylation is 1. The fourth-order valence-corrected chi connectivity index (χ4v) is 5.60. The zero-order chi connectivity index (χ0) is 31.0. The lowest BCUT2D eigenvalue weighted by atomic mass is 9.82. The Morgan fingerprint density at radius 2 is 2.07 bits per heavy atom. The standard InChI is InChI=1S/C33H46N6O4/c1-23(2)9-7-10-24(3)15-19-39-30-14-13-26(35-31(41)29-12-8-17-34-29)21-28(30)33(43,32(39)42)25(4)11-5-6-18-38-22-27(16-20-40)36-37-38/h5,9,11,13-15,21-22,25,29,34,40,43H,6-8,10,12,16-20H2,1-4H3,(H,35,41)/b11-5+,24-15+/t25-,29-,33+/m1/s1. The minimum Gasteiger partial charge on any atom is -0.396 e. The number of amides is 2. The van der Waals surface area contributed by atoms with Crippen molar-refractivity contribution in [3.8, 4) is 0 Å². The summed E-state index contributed by atoms with van der Waals surface area (Å²) in [5, 5.41) is 35.5. The number of aliphatic hydroxyl groups excluding tert-OH is 1. The summed E-state index contributed by atoms with van der Waals surface area (Å²) in [6.07, 6.45) is 14.5. The quantitative estimate of drug-likeness (QED) is 0.244. The number of carbonyl (C=O) groups excluding carboxylic acids is 2. The minimum atomic E-state index is -1.79. The highest BCUT2D eigenvalue weighted by atomic mass is 16.3. The first-order valence-corrected chi connectivity index (χ1v) is 15.3. The molecule has 0 aliphatic carbocycles. The molecule has 1 aromatic carbocycles. The molecule has 3 heterocycles. The molecule has 3 atom stereocenters. The van der Waals surface area contributed by atoms with Gasteiger partial charge in [0.05, 0.1) is 17.4 Å². The van der Waals surface area contributed by atoms with E-state index in [4.69, 9.17) is 5.11 Å². The molecule has 10 nitrogen and oxygen atoms in total. The Bertz CT molecular complexity index is 1370. The van der Waals surface area contributed by atoms with Crippen LogP contribution < -0.4 is 15.5 Å². The van der Waals surface area contributed by atoms with E-state index in [2.05, 4.69) is 53.9 Å². The molecule has 0 bridgehead atoms. The molecule has 2 amide bonds. The smallest absolute Gasteiger partial charge is 0.264 e. The molecule has 0 saturated carbocycles. The predicted octanol–water partition coefficient (Wildman–Crippen LogP) is 4.01. The highest BCUT2D eigenvalue weighted by Crippen LogP contribution is 2.46. The van der Waals surface area contributed by atoms with Crippen molar-refractivity contribution >= 4 is 23.2 Å². The Labute approximate surface area is 254 Å². The maximum absolute atomic E-state index is 14.0. The van der Waals surface area contributed by atoms with E-state index >= 15 is 0 Å². The van der Waals surface area contributed by atoms with Gasteiger partial charge in [-0.25, -0.2) is 0 Å². The topological polar surface area (TPSA) is 133 Å². The van der Waals surface area contributed by atoms with Crippen LogP contribution in [0.25, 0.3) is 0 Å². The van der Waals surface area contributed by atoms with Crippen molar-refractivity contribution in [3.63, 3.8) is 0 Å². The van der Waals surface area contributed by atoms with Crippen molar-refractivity contribution in [1.82, 2.24) is 20.3 Å². The van der Waals surface area contributed by atoms with Gasteiger partial charge in [0.25, 0.3) is 5.91 Å². The van der Waals surface area contributed by atoms with Gasteiger partial charge in [0, 0.05) is 49.5 Å². The van der Waals surface area contributed by atoms with Crippen molar-refractivity contribution in [2.24, 2.45) is 5.92 Å². The second-order valence-electron chi connectivity index (χ2n) is 11.9. The fourth-order valence-electron chi connectivity index (χ4n) is 5.60. The van der Waals surface area contributed by atoms with Crippen molar-refractivity contribution in [1.29, 1.82) is 0 Å². The predicted molar refractivity (Wildman–Crippen MR) is 169 cm³/mol. The molecule has 2 aliphatic rings. The summed E-state index contributed by atoms with van der Waals surface area (Å²) < 4.78 is 1.72.